The molecule has 0 aliphatic carbocycles. The molecule has 20 heavy (non-hydrogen) atoms. The molecule has 5 N–H and O–H groups in total. The normalized spacial score (nSPS) is 21.9. The Bertz CT molecular complexity index is 480. The van der Waals surface area contributed by atoms with Crippen LogP contribution in [0.2, 0.25) is 0 Å². The second-order valence-corrected chi connectivity index (χ2v) is 5.18. The van der Waals surface area contributed by atoms with Crippen molar-refractivity contribution in [1.82, 2.24) is 5.32 Å². The first-order valence-electron chi connectivity index (χ1n) is 7.13. The van der Waals surface area contributed by atoms with Crippen LogP contribution in [0.4, 0.5) is 5.69 Å². The number of ether oxygens (including phenoxy) is 2. The van der Waals surface area contributed by atoms with Crippen LogP contribution in [0.3, 0.4) is 0 Å². The van der Waals surface area contributed by atoms with Crippen molar-refractivity contribution in [3.05, 3.63) is 17.7 Å². The van der Waals surface area contributed by atoms with E-state index < -0.39 is 0 Å². The van der Waals surface area contributed by atoms with Crippen molar-refractivity contribution in [2.75, 3.05) is 44.3 Å². The number of piperazine rings is 1. The lowest BCUT2D eigenvalue weighted by atomic mass is 10.1. The summed E-state index contributed by atoms with van der Waals surface area (Å²) in [6.07, 6.45) is 0. The van der Waals surface area contributed by atoms with Crippen LogP contribution in [0.1, 0.15) is 5.56 Å². The maximum atomic E-state index is 5.82. The lowest BCUT2D eigenvalue weighted by Crippen LogP contribution is -2.53. The van der Waals surface area contributed by atoms with E-state index >= 15 is 0 Å². The minimum atomic E-state index is 0.311. The minimum Gasteiger partial charge on any atom is -0.486 e. The third-order valence-corrected chi connectivity index (χ3v) is 3.80. The van der Waals surface area contributed by atoms with Gasteiger partial charge in [-0.1, -0.05) is 0 Å². The molecule has 0 saturated carbocycles. The molecule has 110 valence electrons. The second-order valence-electron chi connectivity index (χ2n) is 5.18. The highest BCUT2D eigenvalue weighted by Gasteiger charge is 2.25. The molecule has 1 fully saturated rings. The van der Waals surface area contributed by atoms with E-state index in [1.165, 1.54) is 0 Å². The molecule has 2 aliphatic heterocycles. The van der Waals surface area contributed by atoms with Gasteiger partial charge in [0.25, 0.3) is 0 Å². The fourth-order valence-electron chi connectivity index (χ4n) is 2.75. The van der Waals surface area contributed by atoms with Gasteiger partial charge in [-0.25, -0.2) is 0 Å². The maximum absolute atomic E-state index is 5.82. The number of nitrogens with two attached hydrogens (primary N) is 2. The Morgan fingerprint density at radius 2 is 2.10 bits per heavy atom. The van der Waals surface area contributed by atoms with Gasteiger partial charge in [-0.3, -0.25) is 0 Å². The van der Waals surface area contributed by atoms with E-state index in [0.717, 1.165) is 42.4 Å². The van der Waals surface area contributed by atoms with Gasteiger partial charge in [0, 0.05) is 38.8 Å². The van der Waals surface area contributed by atoms with Crippen molar-refractivity contribution < 1.29 is 9.47 Å². The predicted octanol–water partition coefficient (Wildman–Crippen LogP) is -0.347. The number of anilines is 1. The van der Waals surface area contributed by atoms with E-state index in [1.807, 2.05) is 6.07 Å². The highest BCUT2D eigenvalue weighted by molar-refractivity contribution is 5.67. The second kappa shape index (κ2) is 5.87. The quantitative estimate of drug-likeness (QED) is 0.701. The number of benzene rings is 1. The van der Waals surface area contributed by atoms with Gasteiger partial charge in [-0.05, 0) is 17.7 Å². The zero-order valence-corrected chi connectivity index (χ0v) is 11.6. The third kappa shape index (κ3) is 2.54. The highest BCUT2D eigenvalue weighted by atomic mass is 16.6. The summed E-state index contributed by atoms with van der Waals surface area (Å²) in [5.41, 5.74) is 13.7. The van der Waals surface area contributed by atoms with Crippen LogP contribution in [0.15, 0.2) is 12.1 Å². The number of rotatable bonds is 3. The summed E-state index contributed by atoms with van der Waals surface area (Å²) in [7, 11) is 0. The Labute approximate surface area is 119 Å². The summed E-state index contributed by atoms with van der Waals surface area (Å²) >= 11 is 0. The van der Waals surface area contributed by atoms with Crippen molar-refractivity contribution >= 4 is 5.69 Å². The predicted molar refractivity (Wildman–Crippen MR) is 78.4 cm³/mol. The van der Waals surface area contributed by atoms with E-state index in [4.69, 9.17) is 20.9 Å². The molecular formula is C14H22N4O2. The fraction of sp³-hybridized carbons (Fsp3) is 0.571. The number of nitrogens with one attached hydrogen (secondary N) is 1. The monoisotopic (exact) mass is 278 g/mol. The van der Waals surface area contributed by atoms with Gasteiger partial charge in [0.1, 0.15) is 13.2 Å². The van der Waals surface area contributed by atoms with Gasteiger partial charge in [0.15, 0.2) is 11.5 Å². The molecule has 1 atom stereocenters. The average molecular weight is 278 g/mol. The molecule has 2 heterocycles. The molecule has 6 heteroatoms. The van der Waals surface area contributed by atoms with Crippen molar-refractivity contribution in [2.45, 2.75) is 12.6 Å². The van der Waals surface area contributed by atoms with E-state index in [-0.39, 0.29) is 0 Å². The Morgan fingerprint density at radius 3 is 2.90 bits per heavy atom. The van der Waals surface area contributed by atoms with Crippen LogP contribution in [0, 0.1) is 0 Å². The zero-order chi connectivity index (χ0) is 13.9. The SMILES string of the molecule is NCc1cc2c(c(N3CCNC(CN)C3)c1)OCCO2. The first-order valence-corrected chi connectivity index (χ1v) is 7.13. The Kier molecular flexibility index (Phi) is 3.95. The molecule has 1 aromatic carbocycles. The number of fused-ring (bicyclic) bond motifs is 1. The molecule has 3 rings (SSSR count). The van der Waals surface area contributed by atoms with Crippen molar-refractivity contribution in [2.24, 2.45) is 11.5 Å². The molecule has 2 aliphatic rings. The lowest BCUT2D eigenvalue weighted by molar-refractivity contribution is 0.171. The molecule has 1 unspecified atom stereocenters. The van der Waals surface area contributed by atoms with Gasteiger partial charge >= 0.3 is 0 Å². The highest BCUT2D eigenvalue weighted by Crippen LogP contribution is 2.41. The van der Waals surface area contributed by atoms with E-state index in [0.29, 0.717) is 32.3 Å². The fourth-order valence-corrected chi connectivity index (χ4v) is 2.75. The molecule has 0 aromatic heterocycles. The minimum absolute atomic E-state index is 0.311. The van der Waals surface area contributed by atoms with Crippen LogP contribution in [-0.4, -0.2) is 45.4 Å². The molecule has 6 nitrogen and oxygen atoms in total. The van der Waals surface area contributed by atoms with Gasteiger partial charge in [0.05, 0.1) is 5.69 Å². The molecule has 0 bridgehead atoms. The third-order valence-electron chi connectivity index (χ3n) is 3.80. The molecule has 0 amide bonds. The first-order chi connectivity index (χ1) is 9.81. The molecule has 0 radical (unpaired) electrons. The zero-order valence-electron chi connectivity index (χ0n) is 11.6. The summed E-state index contributed by atoms with van der Waals surface area (Å²) in [5, 5.41) is 3.41. The number of nitrogens with zero attached hydrogens (tertiary/aromatic N) is 1. The molecular weight excluding hydrogens is 256 g/mol. The maximum Gasteiger partial charge on any atom is 0.184 e. The van der Waals surface area contributed by atoms with Crippen molar-refractivity contribution in [3.63, 3.8) is 0 Å². The first kappa shape index (κ1) is 13.5. The van der Waals surface area contributed by atoms with Crippen LogP contribution in [-0.2, 0) is 6.54 Å². The topological polar surface area (TPSA) is 85.8 Å². The largest absolute Gasteiger partial charge is 0.486 e. The number of hydrogen-bond acceptors (Lipinski definition) is 6. The van der Waals surface area contributed by atoms with Gasteiger partial charge < -0.3 is 31.2 Å². The molecule has 1 aromatic rings. The smallest absolute Gasteiger partial charge is 0.184 e. The molecule has 0 spiro atoms. The van der Waals surface area contributed by atoms with E-state index in [2.05, 4.69) is 16.3 Å². The summed E-state index contributed by atoms with van der Waals surface area (Å²) < 4.78 is 11.5. The Hall–Kier alpha value is -1.50. The van der Waals surface area contributed by atoms with Crippen LogP contribution >= 0.6 is 0 Å². The Balaban J connectivity index is 1.94. The molecule has 1 saturated heterocycles. The standard InChI is InChI=1S/C14H22N4O2/c15-7-10-5-12(14-13(6-10)19-3-4-20-14)18-2-1-17-11(8-16)9-18/h5-6,11,17H,1-4,7-9,15-16H2. The lowest BCUT2D eigenvalue weighted by Gasteiger charge is -2.36. The van der Waals surface area contributed by atoms with Crippen molar-refractivity contribution in [1.29, 1.82) is 0 Å². The van der Waals surface area contributed by atoms with Crippen LogP contribution < -0.4 is 31.2 Å². The summed E-state index contributed by atoms with van der Waals surface area (Å²) in [6.45, 7) is 5.04. The van der Waals surface area contributed by atoms with E-state index in [9.17, 15) is 0 Å². The van der Waals surface area contributed by atoms with Crippen LogP contribution in [0.5, 0.6) is 11.5 Å². The summed E-state index contributed by atoms with van der Waals surface area (Å²) in [5.74, 6) is 1.64. The van der Waals surface area contributed by atoms with Gasteiger partial charge in [-0.15, -0.1) is 0 Å². The van der Waals surface area contributed by atoms with Gasteiger partial charge in [0.2, 0.25) is 0 Å². The van der Waals surface area contributed by atoms with Crippen molar-refractivity contribution in [3.8, 4) is 11.5 Å². The van der Waals surface area contributed by atoms with Crippen LogP contribution in [0.25, 0.3) is 0 Å². The van der Waals surface area contributed by atoms with E-state index in [1.54, 1.807) is 0 Å². The Morgan fingerprint density at radius 1 is 1.25 bits per heavy atom. The average Bonchev–Trinajstić information content (AvgIpc) is 2.53. The van der Waals surface area contributed by atoms with Gasteiger partial charge in [-0.2, -0.15) is 0 Å². The summed E-state index contributed by atoms with van der Waals surface area (Å²) in [6, 6.07) is 4.39. The summed E-state index contributed by atoms with van der Waals surface area (Å²) in [4.78, 5) is 2.31. The number of hydrogen-bond donors (Lipinski definition) is 3.